The quantitative estimate of drug-likeness (QED) is 0.483. The number of hydrogen-bond donors (Lipinski definition) is 2. The second-order valence-electron chi connectivity index (χ2n) is 9.49. The molecule has 0 amide bonds. The predicted octanol–water partition coefficient (Wildman–Crippen LogP) is 5.34. The van der Waals surface area contributed by atoms with Gasteiger partial charge >= 0.3 is 6.18 Å². The van der Waals surface area contributed by atoms with E-state index in [9.17, 15) is 18.3 Å². The van der Waals surface area contributed by atoms with E-state index >= 15 is 0 Å². The van der Waals surface area contributed by atoms with Crippen molar-refractivity contribution in [2.45, 2.75) is 69.6 Å². The van der Waals surface area contributed by atoms with Crippen LogP contribution in [0.3, 0.4) is 0 Å². The Balaban J connectivity index is 1.39. The van der Waals surface area contributed by atoms with Crippen molar-refractivity contribution in [3.05, 3.63) is 54.1 Å². The van der Waals surface area contributed by atoms with E-state index in [1.807, 2.05) is 0 Å². The van der Waals surface area contributed by atoms with Crippen LogP contribution >= 0.6 is 0 Å². The third kappa shape index (κ3) is 5.25. The molecule has 2 fully saturated rings. The number of hydrogen-bond acceptors (Lipinski definition) is 7. The highest BCUT2D eigenvalue weighted by Crippen LogP contribution is 2.42. The molecule has 0 saturated carbocycles. The first-order chi connectivity index (χ1) is 16.5. The zero-order valence-electron chi connectivity index (χ0n) is 19.3. The number of nitrogens with one attached hydrogen (secondary N) is 1. The van der Waals surface area contributed by atoms with Gasteiger partial charge in [0.15, 0.2) is 5.69 Å². The average molecular weight is 489 g/mol. The van der Waals surface area contributed by atoms with Gasteiger partial charge in [-0.1, -0.05) is 0 Å². The smallest absolute Gasteiger partial charge is 0.435 e. The maximum Gasteiger partial charge on any atom is 0.435 e. The van der Waals surface area contributed by atoms with Crippen LogP contribution in [-0.2, 0) is 16.5 Å². The number of nitrogens with zero attached hydrogens (tertiary/aromatic N) is 4. The number of aromatic nitrogens is 4. The lowest BCUT2D eigenvalue weighted by atomic mass is 10.0. The summed E-state index contributed by atoms with van der Waals surface area (Å²) in [6.45, 7) is 3.27. The fraction of sp³-hybridized carbons (Fsp3) is 0.458. The molecule has 2 bridgehead atoms. The van der Waals surface area contributed by atoms with E-state index in [4.69, 9.17) is 9.47 Å². The molecule has 3 aromatic heterocycles. The molecular weight excluding hydrogens is 463 g/mol. The second kappa shape index (κ2) is 8.80. The lowest BCUT2D eigenvalue weighted by Gasteiger charge is -2.29. The van der Waals surface area contributed by atoms with E-state index in [2.05, 4.69) is 20.4 Å². The Kier molecular flexibility index (Phi) is 5.92. The second-order valence-corrected chi connectivity index (χ2v) is 9.49. The SMILES string of the molecule is CC(C)(O)c1cc(Nc2cc(Oc3cc(C(F)(F)F)nn3[C@@H]3C[C@H]4CC[C@@H](C3)O4)ccn2)ccn1. The standard InChI is InChI=1S/C24H26F3N5O3/c1-23(2,33)19-9-14(5-7-28-19)30-21-12-18(6-8-29-21)35-22-13-20(24(25,26)27)31-32(22)15-10-16-3-4-17(11-15)34-16/h5-9,12-13,15-17,33H,3-4,10-11H2,1-2H3,(H,28,29,30)/t15-,16-,17+. The first kappa shape index (κ1) is 23.6. The number of halogens is 3. The Bertz CT molecular complexity index is 1200. The summed E-state index contributed by atoms with van der Waals surface area (Å²) >= 11 is 0. The monoisotopic (exact) mass is 489 g/mol. The van der Waals surface area contributed by atoms with Crippen LogP contribution in [-0.4, -0.2) is 37.1 Å². The lowest BCUT2D eigenvalue weighted by molar-refractivity contribution is -0.141. The van der Waals surface area contributed by atoms with Crippen molar-refractivity contribution < 1.29 is 27.8 Å². The predicted molar refractivity (Wildman–Crippen MR) is 120 cm³/mol. The molecule has 0 aromatic carbocycles. The highest BCUT2D eigenvalue weighted by molar-refractivity contribution is 5.57. The third-order valence-corrected chi connectivity index (χ3v) is 6.22. The van der Waals surface area contributed by atoms with Crippen LogP contribution in [0, 0.1) is 0 Å². The molecule has 3 atom stereocenters. The molecule has 2 N–H and O–H groups in total. The van der Waals surface area contributed by atoms with Gasteiger partial charge in [-0.05, 0) is 57.7 Å². The summed E-state index contributed by atoms with van der Waals surface area (Å²) in [6.07, 6.45) is 1.57. The summed E-state index contributed by atoms with van der Waals surface area (Å²) in [5.74, 6) is 0.750. The molecule has 186 valence electrons. The average Bonchev–Trinajstić information content (AvgIpc) is 3.36. The number of aliphatic hydroxyl groups is 1. The van der Waals surface area contributed by atoms with Gasteiger partial charge in [-0.15, -0.1) is 0 Å². The number of pyridine rings is 2. The molecule has 2 saturated heterocycles. The molecular formula is C24H26F3N5O3. The summed E-state index contributed by atoms with van der Waals surface area (Å²) < 4.78 is 53.5. The topological polar surface area (TPSA) is 94.3 Å². The summed E-state index contributed by atoms with van der Waals surface area (Å²) in [4.78, 5) is 8.43. The molecule has 5 rings (SSSR count). The normalized spacial score (nSPS) is 22.3. The van der Waals surface area contributed by atoms with Gasteiger partial charge in [-0.3, -0.25) is 4.98 Å². The zero-order valence-corrected chi connectivity index (χ0v) is 19.3. The molecule has 2 aliphatic heterocycles. The minimum Gasteiger partial charge on any atom is -0.439 e. The molecule has 5 heterocycles. The summed E-state index contributed by atoms with van der Waals surface area (Å²) in [5.41, 5.74) is -0.989. The molecule has 35 heavy (non-hydrogen) atoms. The van der Waals surface area contributed by atoms with E-state index in [-0.39, 0.29) is 24.1 Å². The van der Waals surface area contributed by atoms with E-state index in [1.54, 1.807) is 44.3 Å². The van der Waals surface area contributed by atoms with Crippen molar-refractivity contribution in [1.82, 2.24) is 19.7 Å². The largest absolute Gasteiger partial charge is 0.439 e. The van der Waals surface area contributed by atoms with Gasteiger partial charge in [-0.2, -0.15) is 18.3 Å². The Morgan fingerprint density at radius 3 is 2.43 bits per heavy atom. The van der Waals surface area contributed by atoms with E-state index in [1.165, 1.54) is 10.9 Å². The molecule has 0 spiro atoms. The van der Waals surface area contributed by atoms with Crippen LogP contribution in [0.25, 0.3) is 0 Å². The number of fused-ring (bicyclic) bond motifs is 2. The van der Waals surface area contributed by atoms with Gasteiger partial charge in [0.25, 0.3) is 0 Å². The Morgan fingerprint density at radius 2 is 1.74 bits per heavy atom. The summed E-state index contributed by atoms with van der Waals surface area (Å²) in [5, 5.41) is 17.2. The van der Waals surface area contributed by atoms with Gasteiger partial charge in [0.2, 0.25) is 5.88 Å². The molecule has 0 radical (unpaired) electrons. The van der Waals surface area contributed by atoms with Gasteiger partial charge in [0, 0.05) is 30.2 Å². The molecule has 11 heteroatoms. The van der Waals surface area contributed by atoms with Crippen molar-refractivity contribution in [2.75, 3.05) is 5.32 Å². The fourth-order valence-corrected chi connectivity index (χ4v) is 4.54. The van der Waals surface area contributed by atoms with Crippen molar-refractivity contribution in [3.63, 3.8) is 0 Å². The maximum absolute atomic E-state index is 13.5. The lowest BCUT2D eigenvalue weighted by Crippen LogP contribution is -2.28. The van der Waals surface area contributed by atoms with Crippen molar-refractivity contribution >= 4 is 11.5 Å². The molecule has 0 aliphatic carbocycles. The van der Waals surface area contributed by atoms with Gasteiger partial charge in [0.1, 0.15) is 17.2 Å². The van der Waals surface area contributed by atoms with Gasteiger partial charge in [0.05, 0.1) is 23.9 Å². The third-order valence-electron chi connectivity index (χ3n) is 6.22. The van der Waals surface area contributed by atoms with Crippen LogP contribution < -0.4 is 10.1 Å². The van der Waals surface area contributed by atoms with Crippen molar-refractivity contribution in [2.24, 2.45) is 0 Å². The molecule has 2 aliphatic rings. The summed E-state index contributed by atoms with van der Waals surface area (Å²) in [7, 11) is 0. The molecule has 3 aromatic rings. The zero-order chi connectivity index (χ0) is 24.8. The molecule has 8 nitrogen and oxygen atoms in total. The van der Waals surface area contributed by atoms with Crippen LogP contribution in [0.4, 0.5) is 24.7 Å². The van der Waals surface area contributed by atoms with E-state index < -0.39 is 17.5 Å². The number of anilines is 2. The minimum absolute atomic E-state index is 0.0222. The van der Waals surface area contributed by atoms with Crippen LogP contribution in [0.5, 0.6) is 11.6 Å². The van der Waals surface area contributed by atoms with E-state index in [0.29, 0.717) is 35.8 Å². The Morgan fingerprint density at radius 1 is 1.03 bits per heavy atom. The van der Waals surface area contributed by atoms with Crippen molar-refractivity contribution in [3.8, 4) is 11.6 Å². The fourth-order valence-electron chi connectivity index (χ4n) is 4.54. The highest BCUT2D eigenvalue weighted by Gasteiger charge is 2.40. The first-order valence-corrected chi connectivity index (χ1v) is 11.5. The van der Waals surface area contributed by atoms with E-state index in [0.717, 1.165) is 18.9 Å². The number of rotatable bonds is 6. The Labute approximate surface area is 200 Å². The van der Waals surface area contributed by atoms with Gasteiger partial charge in [-0.25, -0.2) is 9.67 Å². The Hall–Kier alpha value is -3.18. The first-order valence-electron chi connectivity index (χ1n) is 11.5. The number of alkyl halides is 3. The van der Waals surface area contributed by atoms with Gasteiger partial charge < -0.3 is 19.9 Å². The summed E-state index contributed by atoms with van der Waals surface area (Å²) in [6, 6.07) is 7.27. The minimum atomic E-state index is -4.59. The van der Waals surface area contributed by atoms with Crippen LogP contribution in [0.2, 0.25) is 0 Å². The maximum atomic E-state index is 13.5. The van der Waals surface area contributed by atoms with Crippen LogP contribution in [0.1, 0.15) is 57.0 Å². The number of ether oxygens (including phenoxy) is 2. The molecule has 0 unspecified atom stereocenters. The van der Waals surface area contributed by atoms with Crippen LogP contribution in [0.15, 0.2) is 42.7 Å². The van der Waals surface area contributed by atoms with Crippen molar-refractivity contribution in [1.29, 1.82) is 0 Å². The highest BCUT2D eigenvalue weighted by atomic mass is 19.4.